The van der Waals surface area contributed by atoms with Crippen molar-refractivity contribution in [3.05, 3.63) is 70.2 Å². The van der Waals surface area contributed by atoms with Crippen LogP contribution in [0.3, 0.4) is 0 Å². The zero-order chi connectivity index (χ0) is 18.9. The minimum Gasteiger partial charge on any atom is -0.350 e. The topological polar surface area (TPSA) is 56.7 Å². The second-order valence-electron chi connectivity index (χ2n) is 6.18. The highest BCUT2D eigenvalue weighted by Crippen LogP contribution is 2.22. The predicted molar refractivity (Wildman–Crippen MR) is 125 cm³/mol. The molecule has 2 aromatic rings. The van der Waals surface area contributed by atoms with Crippen molar-refractivity contribution in [1.82, 2.24) is 15.5 Å². The average molecular weight is 545 g/mol. The molecule has 7 heteroatoms. The molecule has 2 N–H and O–H groups in total. The van der Waals surface area contributed by atoms with Gasteiger partial charge in [0.15, 0.2) is 5.96 Å². The molecule has 0 saturated carbocycles. The van der Waals surface area contributed by atoms with E-state index in [1.807, 2.05) is 48.5 Å². The predicted octanol–water partition coefficient (Wildman–Crippen LogP) is 3.95. The molecular weight excluding hydrogens is 519 g/mol. The molecule has 0 aliphatic carbocycles. The van der Waals surface area contributed by atoms with Crippen molar-refractivity contribution in [3.8, 4) is 0 Å². The van der Waals surface area contributed by atoms with Gasteiger partial charge in [-0.3, -0.25) is 4.79 Å². The van der Waals surface area contributed by atoms with Crippen LogP contribution in [0.5, 0.6) is 0 Å². The third-order valence-corrected chi connectivity index (χ3v) is 4.62. The van der Waals surface area contributed by atoms with Crippen molar-refractivity contribution in [1.29, 1.82) is 0 Å². The number of aliphatic imine (C=N–C) groups is 1. The molecular formula is C20H26BrIN4O. The van der Waals surface area contributed by atoms with Crippen LogP contribution in [-0.4, -0.2) is 37.4 Å². The summed E-state index contributed by atoms with van der Waals surface area (Å²) < 4.78 is 1.03. The van der Waals surface area contributed by atoms with Gasteiger partial charge < -0.3 is 15.5 Å². The molecule has 0 aliphatic heterocycles. The highest BCUT2D eigenvalue weighted by atomic mass is 127. The van der Waals surface area contributed by atoms with E-state index in [0.717, 1.165) is 15.6 Å². The Kier molecular flexibility index (Phi) is 10.4. The maximum absolute atomic E-state index is 11.9. The van der Waals surface area contributed by atoms with Gasteiger partial charge in [-0.05, 0) is 24.1 Å². The Morgan fingerprint density at radius 2 is 1.74 bits per heavy atom. The van der Waals surface area contributed by atoms with Gasteiger partial charge in [-0.25, -0.2) is 4.99 Å². The van der Waals surface area contributed by atoms with Gasteiger partial charge in [-0.2, -0.15) is 0 Å². The highest BCUT2D eigenvalue weighted by molar-refractivity contribution is 14.0. The lowest BCUT2D eigenvalue weighted by atomic mass is 10.1. The number of amides is 1. The Morgan fingerprint density at radius 1 is 1.11 bits per heavy atom. The summed E-state index contributed by atoms with van der Waals surface area (Å²) in [6.07, 6.45) is 0. The van der Waals surface area contributed by atoms with Crippen LogP contribution >= 0.6 is 39.9 Å². The number of nitrogens with zero attached hydrogens (tertiary/aromatic N) is 2. The van der Waals surface area contributed by atoms with Gasteiger partial charge in [0.25, 0.3) is 0 Å². The highest BCUT2D eigenvalue weighted by Gasteiger charge is 2.12. The van der Waals surface area contributed by atoms with Gasteiger partial charge in [0.05, 0.1) is 19.1 Å². The van der Waals surface area contributed by atoms with E-state index in [9.17, 15) is 4.79 Å². The minimum atomic E-state index is -0.00671. The molecule has 0 saturated heterocycles. The first-order valence-corrected chi connectivity index (χ1v) is 9.30. The molecule has 0 heterocycles. The van der Waals surface area contributed by atoms with Crippen LogP contribution in [0.1, 0.15) is 24.1 Å². The van der Waals surface area contributed by atoms with E-state index in [1.165, 1.54) is 0 Å². The van der Waals surface area contributed by atoms with Crippen LogP contribution in [0.25, 0.3) is 0 Å². The molecule has 1 atom stereocenters. The fourth-order valence-corrected chi connectivity index (χ4v) is 2.96. The molecule has 2 aromatic carbocycles. The van der Waals surface area contributed by atoms with Gasteiger partial charge in [0.1, 0.15) is 0 Å². The van der Waals surface area contributed by atoms with E-state index in [2.05, 4.69) is 44.5 Å². The molecule has 146 valence electrons. The van der Waals surface area contributed by atoms with Gasteiger partial charge in [0.2, 0.25) is 5.91 Å². The molecule has 0 radical (unpaired) electrons. The molecule has 5 nitrogen and oxygen atoms in total. The minimum absolute atomic E-state index is 0. The summed E-state index contributed by atoms with van der Waals surface area (Å²) in [5.74, 6) is 0.597. The second-order valence-corrected chi connectivity index (χ2v) is 7.03. The lowest BCUT2D eigenvalue weighted by Crippen LogP contribution is -2.43. The normalized spacial score (nSPS) is 11.9. The Labute approximate surface area is 186 Å². The van der Waals surface area contributed by atoms with Gasteiger partial charge in [-0.1, -0.05) is 64.5 Å². The third-order valence-electron chi connectivity index (χ3n) is 3.89. The number of carbonyl (C=O) groups excluding carboxylic acids is 1. The number of likely N-dealkylation sites (N-methyl/N-ethyl adjacent to an activating group) is 1. The summed E-state index contributed by atoms with van der Waals surface area (Å²) in [6, 6.07) is 18.1. The Bertz CT molecular complexity index is 753. The largest absolute Gasteiger partial charge is 0.350 e. The number of guanidine groups is 1. The molecule has 0 bridgehead atoms. The number of hydrogen-bond acceptors (Lipinski definition) is 2. The van der Waals surface area contributed by atoms with Crippen LogP contribution in [0.4, 0.5) is 0 Å². The standard InChI is InChI=1S/C20H25BrN4O.HI/c1-15(17-11-7-8-12-18(17)21)24-20(23-14-19(26)25(2)3)22-13-16-9-5-4-6-10-16;/h4-12,15H,13-14H2,1-3H3,(H2,22,23,24);1H. The van der Waals surface area contributed by atoms with Crippen molar-refractivity contribution in [2.24, 2.45) is 4.99 Å². The first kappa shape index (κ1) is 23.4. The fourth-order valence-electron chi connectivity index (χ4n) is 2.33. The first-order valence-electron chi connectivity index (χ1n) is 8.50. The number of benzene rings is 2. The number of rotatable bonds is 6. The Balaban J connectivity index is 0.00000364. The smallest absolute Gasteiger partial charge is 0.241 e. The SMILES string of the molecule is CC(NC(=NCc1ccccc1)NCC(=O)N(C)C)c1ccccc1Br.I. The van der Waals surface area contributed by atoms with Gasteiger partial charge in [0, 0.05) is 18.6 Å². The Morgan fingerprint density at radius 3 is 2.37 bits per heavy atom. The number of halogens is 2. The lowest BCUT2D eigenvalue weighted by molar-refractivity contribution is -0.127. The van der Waals surface area contributed by atoms with Gasteiger partial charge >= 0.3 is 0 Å². The molecule has 27 heavy (non-hydrogen) atoms. The van der Waals surface area contributed by atoms with E-state index in [0.29, 0.717) is 12.5 Å². The monoisotopic (exact) mass is 544 g/mol. The van der Waals surface area contributed by atoms with Crippen LogP contribution in [-0.2, 0) is 11.3 Å². The number of nitrogens with one attached hydrogen (secondary N) is 2. The summed E-state index contributed by atoms with van der Waals surface area (Å²) in [6.45, 7) is 2.79. The van der Waals surface area contributed by atoms with E-state index in [-0.39, 0.29) is 42.5 Å². The molecule has 0 fully saturated rings. The van der Waals surface area contributed by atoms with E-state index in [1.54, 1.807) is 19.0 Å². The summed E-state index contributed by atoms with van der Waals surface area (Å²) >= 11 is 3.58. The van der Waals surface area contributed by atoms with Crippen LogP contribution in [0.2, 0.25) is 0 Å². The van der Waals surface area contributed by atoms with Crippen LogP contribution in [0.15, 0.2) is 64.1 Å². The van der Waals surface area contributed by atoms with Crippen molar-refractivity contribution < 1.29 is 4.79 Å². The van der Waals surface area contributed by atoms with E-state index >= 15 is 0 Å². The first-order chi connectivity index (χ1) is 12.5. The Hall–Kier alpha value is -1.61. The lowest BCUT2D eigenvalue weighted by Gasteiger charge is -2.20. The molecule has 1 unspecified atom stereocenters. The summed E-state index contributed by atoms with van der Waals surface area (Å²) in [7, 11) is 3.48. The van der Waals surface area contributed by atoms with Crippen molar-refractivity contribution in [2.45, 2.75) is 19.5 Å². The second kappa shape index (κ2) is 12.0. The summed E-state index contributed by atoms with van der Waals surface area (Å²) in [4.78, 5) is 18.1. The maximum atomic E-state index is 11.9. The average Bonchev–Trinajstić information content (AvgIpc) is 2.64. The molecule has 1 amide bonds. The summed E-state index contributed by atoms with van der Waals surface area (Å²) in [5.41, 5.74) is 2.24. The fraction of sp³-hybridized carbons (Fsp3) is 0.300. The molecule has 2 rings (SSSR count). The zero-order valence-corrected chi connectivity index (χ0v) is 19.7. The maximum Gasteiger partial charge on any atom is 0.241 e. The van der Waals surface area contributed by atoms with Crippen LogP contribution in [0, 0.1) is 0 Å². The van der Waals surface area contributed by atoms with Crippen LogP contribution < -0.4 is 10.6 Å². The van der Waals surface area contributed by atoms with Crippen molar-refractivity contribution in [2.75, 3.05) is 20.6 Å². The number of carbonyl (C=O) groups is 1. The molecule has 0 aromatic heterocycles. The van der Waals surface area contributed by atoms with Crippen molar-refractivity contribution >= 4 is 51.8 Å². The zero-order valence-electron chi connectivity index (χ0n) is 15.8. The van der Waals surface area contributed by atoms with Gasteiger partial charge in [-0.15, -0.1) is 24.0 Å². The van der Waals surface area contributed by atoms with Crippen molar-refractivity contribution in [3.63, 3.8) is 0 Å². The quantitative estimate of drug-likeness (QED) is 0.329. The summed E-state index contributed by atoms with van der Waals surface area (Å²) in [5, 5.41) is 6.50. The molecule has 0 aliphatic rings. The third kappa shape index (κ3) is 7.88. The van der Waals surface area contributed by atoms with E-state index in [4.69, 9.17) is 0 Å². The molecule has 0 spiro atoms. The van der Waals surface area contributed by atoms with E-state index < -0.39 is 0 Å². The number of hydrogen-bond donors (Lipinski definition) is 2.